The molecule has 8 heteroatoms. The summed E-state index contributed by atoms with van der Waals surface area (Å²) in [5.41, 5.74) is 0.619. The molecule has 2 atom stereocenters. The number of benzene rings is 1. The Morgan fingerprint density at radius 2 is 1.86 bits per heavy atom. The van der Waals surface area contributed by atoms with Gasteiger partial charge in [-0.25, -0.2) is 0 Å². The predicted octanol–water partition coefficient (Wildman–Crippen LogP) is 2.75. The fourth-order valence-corrected chi connectivity index (χ4v) is 3.33. The lowest BCUT2D eigenvalue weighted by atomic mass is 10.1. The maximum Gasteiger partial charge on any atom is 0.387 e. The minimum absolute atomic E-state index is 0.0707. The van der Waals surface area contributed by atoms with E-state index in [2.05, 4.69) is 32.2 Å². The van der Waals surface area contributed by atoms with Crippen molar-refractivity contribution in [1.82, 2.24) is 15.5 Å². The zero-order chi connectivity index (χ0) is 20.4. The SMILES string of the molecule is CCNC(=NCC(CC)N1CCCC1)NCC(O)c1ccc(OC(F)F)cc1. The number of rotatable bonds is 10. The number of aliphatic hydroxyl groups is 1. The van der Waals surface area contributed by atoms with Crippen LogP contribution in [0.2, 0.25) is 0 Å². The molecule has 6 nitrogen and oxygen atoms in total. The Hall–Kier alpha value is -1.93. The van der Waals surface area contributed by atoms with Gasteiger partial charge in [0.25, 0.3) is 0 Å². The summed E-state index contributed by atoms with van der Waals surface area (Å²) < 4.78 is 28.7. The molecule has 2 unspecified atom stereocenters. The fraction of sp³-hybridized carbons (Fsp3) is 0.650. The first-order valence-corrected chi connectivity index (χ1v) is 10.0. The third-order valence-electron chi connectivity index (χ3n) is 4.89. The number of ether oxygens (including phenoxy) is 1. The van der Waals surface area contributed by atoms with Gasteiger partial charge in [-0.2, -0.15) is 8.78 Å². The second-order valence-electron chi connectivity index (χ2n) is 6.87. The molecule has 1 aliphatic heterocycles. The Labute approximate surface area is 166 Å². The lowest BCUT2D eigenvalue weighted by Gasteiger charge is -2.25. The van der Waals surface area contributed by atoms with Gasteiger partial charge in [0.1, 0.15) is 5.75 Å². The summed E-state index contributed by atoms with van der Waals surface area (Å²) in [5, 5.41) is 16.7. The molecule has 0 spiro atoms. The number of alkyl halides is 2. The summed E-state index contributed by atoms with van der Waals surface area (Å²) in [5.74, 6) is 0.734. The molecular formula is C20H32F2N4O2. The topological polar surface area (TPSA) is 69.1 Å². The molecule has 1 heterocycles. The van der Waals surface area contributed by atoms with Crippen LogP contribution >= 0.6 is 0 Å². The van der Waals surface area contributed by atoms with Crippen molar-refractivity contribution in [2.24, 2.45) is 4.99 Å². The van der Waals surface area contributed by atoms with Crippen molar-refractivity contribution < 1.29 is 18.6 Å². The molecule has 28 heavy (non-hydrogen) atoms. The van der Waals surface area contributed by atoms with Crippen molar-refractivity contribution in [1.29, 1.82) is 0 Å². The van der Waals surface area contributed by atoms with Crippen LogP contribution < -0.4 is 15.4 Å². The zero-order valence-electron chi connectivity index (χ0n) is 16.7. The third-order valence-corrected chi connectivity index (χ3v) is 4.89. The van der Waals surface area contributed by atoms with E-state index in [-0.39, 0.29) is 12.3 Å². The molecule has 1 saturated heterocycles. The van der Waals surface area contributed by atoms with Crippen LogP contribution in [0.1, 0.15) is 44.8 Å². The van der Waals surface area contributed by atoms with E-state index in [9.17, 15) is 13.9 Å². The van der Waals surface area contributed by atoms with Crippen molar-refractivity contribution in [3.8, 4) is 5.75 Å². The number of nitrogens with one attached hydrogen (secondary N) is 2. The van der Waals surface area contributed by atoms with Gasteiger partial charge in [0, 0.05) is 19.1 Å². The maximum atomic E-state index is 12.2. The van der Waals surface area contributed by atoms with Gasteiger partial charge in [-0.05, 0) is 57.0 Å². The number of aliphatic hydroxyl groups excluding tert-OH is 1. The summed E-state index contributed by atoms with van der Waals surface area (Å²) in [7, 11) is 0. The van der Waals surface area contributed by atoms with E-state index < -0.39 is 12.7 Å². The van der Waals surface area contributed by atoms with E-state index in [1.54, 1.807) is 12.1 Å². The number of likely N-dealkylation sites (tertiary alicyclic amines) is 1. The lowest BCUT2D eigenvalue weighted by molar-refractivity contribution is -0.0498. The minimum Gasteiger partial charge on any atom is -0.435 e. The highest BCUT2D eigenvalue weighted by Gasteiger charge is 2.20. The van der Waals surface area contributed by atoms with Gasteiger partial charge in [-0.1, -0.05) is 19.1 Å². The third kappa shape index (κ3) is 7.24. The van der Waals surface area contributed by atoms with Gasteiger partial charge in [-0.15, -0.1) is 0 Å². The number of aliphatic imine (C=N–C) groups is 1. The highest BCUT2D eigenvalue weighted by molar-refractivity contribution is 5.79. The van der Waals surface area contributed by atoms with E-state index in [1.165, 1.54) is 25.0 Å². The summed E-state index contributed by atoms with van der Waals surface area (Å²) >= 11 is 0. The number of hydrogen-bond donors (Lipinski definition) is 3. The molecule has 3 N–H and O–H groups in total. The predicted molar refractivity (Wildman–Crippen MR) is 107 cm³/mol. The molecule has 0 saturated carbocycles. The second-order valence-corrected chi connectivity index (χ2v) is 6.87. The monoisotopic (exact) mass is 398 g/mol. The van der Waals surface area contributed by atoms with Crippen LogP contribution in [0.4, 0.5) is 8.78 Å². The van der Waals surface area contributed by atoms with Crippen LogP contribution in [-0.2, 0) is 0 Å². The molecule has 1 aromatic rings. The van der Waals surface area contributed by atoms with Gasteiger partial charge in [0.05, 0.1) is 12.6 Å². The summed E-state index contributed by atoms with van der Waals surface area (Å²) in [6, 6.07) is 6.44. The van der Waals surface area contributed by atoms with Crippen LogP contribution in [0, 0.1) is 0 Å². The molecule has 1 aromatic carbocycles. The van der Waals surface area contributed by atoms with Crippen LogP contribution in [0.3, 0.4) is 0 Å². The Kier molecular flexibility index (Phi) is 9.43. The normalized spacial score (nSPS) is 17.6. The smallest absolute Gasteiger partial charge is 0.387 e. The number of guanidine groups is 1. The van der Waals surface area contributed by atoms with E-state index in [4.69, 9.17) is 0 Å². The fourth-order valence-electron chi connectivity index (χ4n) is 3.33. The van der Waals surface area contributed by atoms with Crippen molar-refractivity contribution in [2.45, 2.75) is 51.9 Å². The maximum absolute atomic E-state index is 12.2. The molecule has 0 amide bonds. The Morgan fingerprint density at radius 3 is 2.43 bits per heavy atom. The quantitative estimate of drug-likeness (QED) is 0.418. The first-order valence-electron chi connectivity index (χ1n) is 10.0. The summed E-state index contributed by atoms with van der Waals surface area (Å²) in [6.07, 6.45) is 2.78. The molecule has 0 aliphatic carbocycles. The zero-order valence-corrected chi connectivity index (χ0v) is 16.7. The summed E-state index contributed by atoms with van der Waals surface area (Å²) in [6.45, 7) is 5.30. The van der Waals surface area contributed by atoms with Crippen molar-refractivity contribution in [2.75, 3.05) is 32.7 Å². The molecule has 158 valence electrons. The van der Waals surface area contributed by atoms with E-state index in [1.807, 2.05) is 6.92 Å². The van der Waals surface area contributed by atoms with Gasteiger partial charge < -0.3 is 20.5 Å². The van der Waals surface area contributed by atoms with E-state index in [0.717, 1.165) is 26.1 Å². The molecular weight excluding hydrogens is 366 g/mol. The van der Waals surface area contributed by atoms with Crippen molar-refractivity contribution >= 4 is 5.96 Å². The Morgan fingerprint density at radius 1 is 1.18 bits per heavy atom. The molecule has 2 rings (SSSR count). The average Bonchev–Trinajstić information content (AvgIpc) is 3.21. The van der Waals surface area contributed by atoms with Crippen LogP contribution in [-0.4, -0.2) is 61.3 Å². The van der Waals surface area contributed by atoms with E-state index in [0.29, 0.717) is 24.1 Å². The van der Waals surface area contributed by atoms with Crippen LogP contribution in [0.25, 0.3) is 0 Å². The van der Waals surface area contributed by atoms with Crippen LogP contribution in [0.15, 0.2) is 29.3 Å². The van der Waals surface area contributed by atoms with Gasteiger partial charge in [-0.3, -0.25) is 9.89 Å². The van der Waals surface area contributed by atoms with Crippen LogP contribution in [0.5, 0.6) is 5.75 Å². The lowest BCUT2D eigenvalue weighted by Crippen LogP contribution is -2.41. The largest absolute Gasteiger partial charge is 0.435 e. The number of nitrogens with zero attached hydrogens (tertiary/aromatic N) is 2. The van der Waals surface area contributed by atoms with Gasteiger partial charge in [0.2, 0.25) is 0 Å². The molecule has 1 fully saturated rings. The number of halogens is 2. The first-order chi connectivity index (χ1) is 13.5. The minimum atomic E-state index is -2.86. The molecule has 0 radical (unpaired) electrons. The molecule has 0 aromatic heterocycles. The second kappa shape index (κ2) is 11.8. The van der Waals surface area contributed by atoms with Crippen molar-refractivity contribution in [3.05, 3.63) is 29.8 Å². The van der Waals surface area contributed by atoms with Gasteiger partial charge in [0.15, 0.2) is 5.96 Å². The molecule has 1 aliphatic rings. The Bertz CT molecular complexity index is 592. The summed E-state index contributed by atoms with van der Waals surface area (Å²) in [4.78, 5) is 7.17. The van der Waals surface area contributed by atoms with Crippen molar-refractivity contribution in [3.63, 3.8) is 0 Å². The Balaban J connectivity index is 1.88. The van der Waals surface area contributed by atoms with Gasteiger partial charge >= 0.3 is 6.61 Å². The average molecular weight is 398 g/mol. The standard InChI is InChI=1S/C20H32F2N4O2/c1-3-16(26-11-5-6-12-26)13-24-20(23-4-2)25-14-18(27)15-7-9-17(10-8-15)28-19(21)22/h7-10,16,18-19,27H,3-6,11-14H2,1-2H3,(H2,23,24,25). The highest BCUT2D eigenvalue weighted by Crippen LogP contribution is 2.19. The van der Waals surface area contributed by atoms with E-state index >= 15 is 0 Å². The molecule has 0 bridgehead atoms. The highest BCUT2D eigenvalue weighted by atomic mass is 19.3. The first kappa shape index (κ1) is 22.4. The number of hydrogen-bond acceptors (Lipinski definition) is 4.